The Hall–Kier alpha value is -2.38. The molecule has 0 atom stereocenters. The Morgan fingerprint density at radius 3 is 2.69 bits per heavy atom. The molecule has 0 saturated carbocycles. The van der Waals surface area contributed by atoms with Gasteiger partial charge in [0.1, 0.15) is 18.2 Å². The Labute approximate surface area is 153 Å². The Morgan fingerprint density at radius 1 is 1.23 bits per heavy atom. The van der Waals surface area contributed by atoms with Crippen molar-refractivity contribution in [3.8, 4) is 0 Å². The maximum atomic E-state index is 12.1. The molecule has 7 nitrogen and oxygen atoms in total. The summed E-state index contributed by atoms with van der Waals surface area (Å²) >= 11 is 0. The topological polar surface area (TPSA) is 70.8 Å². The summed E-state index contributed by atoms with van der Waals surface area (Å²) in [5.74, 6) is 1.67. The molecular weight excluding hydrogens is 332 g/mol. The second-order valence-electron chi connectivity index (χ2n) is 6.33. The van der Waals surface area contributed by atoms with Gasteiger partial charge in [-0.25, -0.2) is 4.98 Å². The van der Waals surface area contributed by atoms with Gasteiger partial charge in [0.05, 0.1) is 0 Å². The van der Waals surface area contributed by atoms with Gasteiger partial charge in [-0.3, -0.25) is 4.79 Å². The average molecular weight is 358 g/mol. The molecule has 3 heterocycles. The van der Waals surface area contributed by atoms with E-state index in [-0.39, 0.29) is 11.7 Å². The number of nitrogens with one attached hydrogen (secondary N) is 1. The van der Waals surface area contributed by atoms with Crippen molar-refractivity contribution in [2.45, 2.75) is 20.1 Å². The van der Waals surface area contributed by atoms with E-state index in [1.165, 1.54) is 0 Å². The van der Waals surface area contributed by atoms with Crippen LogP contribution in [0.3, 0.4) is 0 Å². The SMILES string of the molecule is CCN1CCN(c2ccc(CNC(=O)c3ccc(COC)o3)cn2)CC1. The first kappa shape index (κ1) is 18.4. The largest absolute Gasteiger partial charge is 0.453 e. The van der Waals surface area contributed by atoms with Crippen molar-refractivity contribution in [2.24, 2.45) is 0 Å². The van der Waals surface area contributed by atoms with Gasteiger partial charge in [0.15, 0.2) is 5.76 Å². The van der Waals surface area contributed by atoms with Gasteiger partial charge >= 0.3 is 0 Å². The van der Waals surface area contributed by atoms with Crippen molar-refractivity contribution in [1.82, 2.24) is 15.2 Å². The number of nitrogens with zero attached hydrogens (tertiary/aromatic N) is 3. The zero-order valence-corrected chi connectivity index (χ0v) is 15.4. The van der Waals surface area contributed by atoms with Crippen LogP contribution in [0.25, 0.3) is 0 Å². The highest BCUT2D eigenvalue weighted by Gasteiger charge is 2.16. The first-order chi connectivity index (χ1) is 12.7. The minimum atomic E-state index is -0.243. The third-order valence-electron chi connectivity index (χ3n) is 4.58. The smallest absolute Gasteiger partial charge is 0.287 e. The van der Waals surface area contributed by atoms with Gasteiger partial charge in [0.2, 0.25) is 0 Å². The summed E-state index contributed by atoms with van der Waals surface area (Å²) in [6.45, 7) is 8.20. The maximum Gasteiger partial charge on any atom is 0.287 e. The lowest BCUT2D eigenvalue weighted by Gasteiger charge is -2.34. The van der Waals surface area contributed by atoms with Gasteiger partial charge in [-0.1, -0.05) is 13.0 Å². The molecular formula is C19H26N4O3. The number of rotatable bonds is 7. The van der Waals surface area contributed by atoms with Crippen molar-refractivity contribution in [2.75, 3.05) is 44.7 Å². The zero-order chi connectivity index (χ0) is 18.4. The van der Waals surface area contributed by atoms with Gasteiger partial charge in [-0.2, -0.15) is 0 Å². The molecule has 1 aliphatic heterocycles. The lowest BCUT2D eigenvalue weighted by atomic mass is 10.2. The van der Waals surface area contributed by atoms with E-state index in [0.29, 0.717) is 18.9 Å². The third kappa shape index (κ3) is 4.62. The van der Waals surface area contributed by atoms with E-state index in [1.807, 2.05) is 18.3 Å². The number of hydrogen-bond acceptors (Lipinski definition) is 6. The van der Waals surface area contributed by atoms with Crippen molar-refractivity contribution < 1.29 is 13.9 Å². The predicted octanol–water partition coefficient (Wildman–Crippen LogP) is 1.89. The molecule has 1 aliphatic rings. The number of amides is 1. The highest BCUT2D eigenvalue weighted by atomic mass is 16.5. The summed E-state index contributed by atoms with van der Waals surface area (Å²) in [4.78, 5) is 21.4. The summed E-state index contributed by atoms with van der Waals surface area (Å²) in [7, 11) is 1.59. The lowest BCUT2D eigenvalue weighted by molar-refractivity contribution is 0.0914. The number of likely N-dealkylation sites (N-methyl/N-ethyl adjacent to an activating group) is 1. The van der Waals surface area contributed by atoms with Crippen LogP contribution in [-0.4, -0.2) is 55.6 Å². The fourth-order valence-electron chi connectivity index (χ4n) is 2.99. The summed E-state index contributed by atoms with van der Waals surface area (Å²) in [5, 5.41) is 2.85. The minimum absolute atomic E-state index is 0.243. The number of piperazine rings is 1. The first-order valence-corrected chi connectivity index (χ1v) is 8.97. The molecule has 2 aromatic rings. The third-order valence-corrected chi connectivity index (χ3v) is 4.58. The van der Waals surface area contributed by atoms with Crippen LogP contribution in [0.1, 0.15) is 28.8 Å². The molecule has 7 heteroatoms. The monoisotopic (exact) mass is 358 g/mol. The van der Waals surface area contributed by atoms with Gasteiger partial charge < -0.3 is 24.3 Å². The van der Waals surface area contributed by atoms with E-state index < -0.39 is 0 Å². The van der Waals surface area contributed by atoms with Crippen LogP contribution in [0.4, 0.5) is 5.82 Å². The summed E-state index contributed by atoms with van der Waals surface area (Å²) < 4.78 is 10.4. The summed E-state index contributed by atoms with van der Waals surface area (Å²) in [6, 6.07) is 7.42. The van der Waals surface area contributed by atoms with Crippen molar-refractivity contribution >= 4 is 11.7 Å². The van der Waals surface area contributed by atoms with Crippen molar-refractivity contribution in [3.63, 3.8) is 0 Å². The highest BCUT2D eigenvalue weighted by Crippen LogP contribution is 2.14. The van der Waals surface area contributed by atoms with E-state index in [1.54, 1.807) is 19.2 Å². The molecule has 1 amide bonds. The Morgan fingerprint density at radius 2 is 2.04 bits per heavy atom. The zero-order valence-electron chi connectivity index (χ0n) is 15.4. The Bertz CT molecular complexity index is 706. The van der Waals surface area contributed by atoms with E-state index >= 15 is 0 Å². The molecule has 1 saturated heterocycles. The van der Waals surface area contributed by atoms with Gasteiger partial charge in [-0.15, -0.1) is 0 Å². The van der Waals surface area contributed by atoms with Gasteiger partial charge in [0.25, 0.3) is 5.91 Å². The maximum absolute atomic E-state index is 12.1. The average Bonchev–Trinajstić information content (AvgIpc) is 3.16. The molecule has 0 bridgehead atoms. The second-order valence-corrected chi connectivity index (χ2v) is 6.33. The molecule has 0 unspecified atom stereocenters. The predicted molar refractivity (Wildman–Crippen MR) is 99.2 cm³/mol. The van der Waals surface area contributed by atoms with Gasteiger partial charge in [-0.05, 0) is 30.3 Å². The molecule has 0 spiro atoms. The first-order valence-electron chi connectivity index (χ1n) is 8.97. The quantitative estimate of drug-likeness (QED) is 0.815. The number of furan rings is 1. The molecule has 1 fully saturated rings. The fraction of sp³-hybridized carbons (Fsp3) is 0.474. The van der Waals surface area contributed by atoms with Crippen LogP contribution in [0, 0.1) is 0 Å². The van der Waals surface area contributed by atoms with Crippen LogP contribution in [0.15, 0.2) is 34.9 Å². The molecule has 26 heavy (non-hydrogen) atoms. The Balaban J connectivity index is 1.50. The molecule has 140 valence electrons. The van der Waals surface area contributed by atoms with E-state index in [9.17, 15) is 4.79 Å². The second kappa shape index (κ2) is 8.82. The molecule has 2 aromatic heterocycles. The van der Waals surface area contributed by atoms with E-state index in [4.69, 9.17) is 9.15 Å². The number of aromatic nitrogens is 1. The van der Waals surface area contributed by atoms with Crippen LogP contribution in [0.5, 0.6) is 0 Å². The number of hydrogen-bond donors (Lipinski definition) is 1. The fourth-order valence-corrected chi connectivity index (χ4v) is 2.99. The van der Waals surface area contributed by atoms with Crippen molar-refractivity contribution in [3.05, 3.63) is 47.5 Å². The molecule has 1 N–H and O–H groups in total. The lowest BCUT2D eigenvalue weighted by Crippen LogP contribution is -2.46. The van der Waals surface area contributed by atoms with Crippen LogP contribution >= 0.6 is 0 Å². The standard InChI is InChI=1S/C19H26N4O3/c1-3-22-8-10-23(11-9-22)18-7-4-15(12-20-18)13-21-19(24)17-6-5-16(26-17)14-25-2/h4-7,12H,3,8-11,13-14H2,1-2H3,(H,21,24). The molecule has 0 aliphatic carbocycles. The summed E-state index contributed by atoms with van der Waals surface area (Å²) in [5.41, 5.74) is 0.956. The molecule has 3 rings (SSSR count). The highest BCUT2D eigenvalue weighted by molar-refractivity contribution is 5.91. The summed E-state index contributed by atoms with van der Waals surface area (Å²) in [6.07, 6.45) is 1.82. The Kier molecular flexibility index (Phi) is 6.25. The number of carbonyl (C=O) groups is 1. The van der Waals surface area contributed by atoms with Crippen LogP contribution < -0.4 is 10.2 Å². The minimum Gasteiger partial charge on any atom is -0.453 e. The number of ether oxygens (including phenoxy) is 1. The number of anilines is 1. The van der Waals surface area contributed by atoms with Crippen LogP contribution in [0.2, 0.25) is 0 Å². The number of carbonyl (C=O) groups excluding carboxylic acids is 1. The number of methoxy groups -OCH3 is 1. The van der Waals surface area contributed by atoms with E-state index in [0.717, 1.165) is 44.1 Å². The number of pyridine rings is 1. The van der Waals surface area contributed by atoms with Crippen LogP contribution in [-0.2, 0) is 17.9 Å². The van der Waals surface area contributed by atoms with Gasteiger partial charge in [0, 0.05) is 46.0 Å². The molecule has 0 radical (unpaired) electrons. The molecule has 0 aromatic carbocycles. The normalized spacial score (nSPS) is 15.2. The van der Waals surface area contributed by atoms with E-state index in [2.05, 4.69) is 27.0 Å². The van der Waals surface area contributed by atoms with Crippen molar-refractivity contribution in [1.29, 1.82) is 0 Å².